The second-order valence-electron chi connectivity index (χ2n) is 4.37. The number of hydrogen-bond acceptors (Lipinski definition) is 4. The predicted octanol–water partition coefficient (Wildman–Crippen LogP) is 2.88. The van der Waals surface area contributed by atoms with Crippen LogP contribution in [0.25, 0.3) is 0 Å². The van der Waals surface area contributed by atoms with Crippen molar-refractivity contribution in [3.05, 3.63) is 64.2 Å². The minimum absolute atomic E-state index is 0.0101. The average molecular weight is 286 g/mol. The predicted molar refractivity (Wildman–Crippen MR) is 78.8 cm³/mol. The van der Waals surface area contributed by atoms with Crippen LogP contribution < -0.4 is 9.64 Å². The van der Waals surface area contributed by atoms with E-state index in [9.17, 15) is 14.9 Å². The van der Waals surface area contributed by atoms with Gasteiger partial charge in [-0.05, 0) is 36.4 Å². The van der Waals surface area contributed by atoms with Gasteiger partial charge in [-0.3, -0.25) is 14.9 Å². The first-order chi connectivity index (χ1) is 10.0. The molecule has 6 nitrogen and oxygen atoms in total. The highest BCUT2D eigenvalue weighted by molar-refractivity contribution is 6.05. The molecule has 0 bridgehead atoms. The Morgan fingerprint density at radius 2 is 1.67 bits per heavy atom. The highest BCUT2D eigenvalue weighted by Gasteiger charge is 2.14. The van der Waals surface area contributed by atoms with Crippen LogP contribution in [0, 0.1) is 10.1 Å². The third-order valence-electron chi connectivity index (χ3n) is 3.09. The molecule has 0 radical (unpaired) electrons. The molecule has 108 valence electrons. The topological polar surface area (TPSA) is 72.7 Å². The summed E-state index contributed by atoms with van der Waals surface area (Å²) in [6, 6.07) is 12.6. The number of benzene rings is 2. The molecule has 0 N–H and O–H groups in total. The summed E-state index contributed by atoms with van der Waals surface area (Å²) >= 11 is 0. The lowest BCUT2D eigenvalue weighted by molar-refractivity contribution is -0.384. The molecule has 1 amide bonds. The number of carbonyl (C=O) groups is 1. The summed E-state index contributed by atoms with van der Waals surface area (Å²) in [4.78, 5) is 23.9. The zero-order valence-electron chi connectivity index (χ0n) is 11.6. The molecule has 0 fully saturated rings. The van der Waals surface area contributed by atoms with E-state index in [1.54, 1.807) is 50.6 Å². The van der Waals surface area contributed by atoms with Gasteiger partial charge in [0.15, 0.2) is 0 Å². The average Bonchev–Trinajstić information content (AvgIpc) is 2.53. The Morgan fingerprint density at radius 3 is 2.14 bits per heavy atom. The van der Waals surface area contributed by atoms with E-state index >= 15 is 0 Å². The minimum Gasteiger partial charge on any atom is -0.497 e. The summed E-state index contributed by atoms with van der Waals surface area (Å²) in [5.41, 5.74) is 1.09. The minimum atomic E-state index is -0.477. The molecule has 0 saturated carbocycles. The zero-order chi connectivity index (χ0) is 15.4. The summed E-state index contributed by atoms with van der Waals surface area (Å²) in [6.07, 6.45) is 0. The summed E-state index contributed by atoms with van der Waals surface area (Å²) in [5.74, 6) is 0.469. The van der Waals surface area contributed by atoms with E-state index in [1.165, 1.54) is 17.0 Å². The van der Waals surface area contributed by atoms with Crippen molar-refractivity contribution in [1.82, 2.24) is 0 Å². The lowest BCUT2D eigenvalue weighted by atomic mass is 10.2. The summed E-state index contributed by atoms with van der Waals surface area (Å²) < 4.78 is 5.04. The maximum absolute atomic E-state index is 12.3. The number of nitrogens with zero attached hydrogens (tertiary/aromatic N) is 2. The molecule has 2 aromatic rings. The SMILES string of the molecule is COc1ccc(C(=O)N(C)c2ccc([N+](=O)[O-])cc2)cc1. The first kappa shape index (κ1) is 14.5. The van der Waals surface area contributed by atoms with Crippen LogP contribution in [0.3, 0.4) is 0 Å². The standard InChI is InChI=1S/C15H14N2O4/c1-16(12-5-7-13(8-6-12)17(19)20)15(18)11-3-9-14(21-2)10-4-11/h3-10H,1-2H3. The third-order valence-corrected chi connectivity index (χ3v) is 3.09. The Kier molecular flexibility index (Phi) is 4.18. The molecular formula is C15H14N2O4. The molecule has 0 aromatic heterocycles. The zero-order valence-corrected chi connectivity index (χ0v) is 11.6. The van der Waals surface area contributed by atoms with E-state index in [4.69, 9.17) is 4.74 Å². The number of nitro benzene ring substituents is 1. The molecule has 2 aromatic carbocycles. The van der Waals surface area contributed by atoms with Crippen LogP contribution in [0.2, 0.25) is 0 Å². The normalized spacial score (nSPS) is 10.0. The van der Waals surface area contributed by atoms with Crippen LogP contribution in [0.5, 0.6) is 5.75 Å². The van der Waals surface area contributed by atoms with Gasteiger partial charge in [0.1, 0.15) is 5.75 Å². The van der Waals surface area contributed by atoms with Crippen molar-refractivity contribution in [3.63, 3.8) is 0 Å². The van der Waals surface area contributed by atoms with Crippen molar-refractivity contribution in [3.8, 4) is 5.75 Å². The maximum Gasteiger partial charge on any atom is 0.269 e. The van der Waals surface area contributed by atoms with Crippen LogP contribution in [0.1, 0.15) is 10.4 Å². The summed E-state index contributed by atoms with van der Waals surface area (Å²) in [6.45, 7) is 0. The van der Waals surface area contributed by atoms with Gasteiger partial charge in [0.05, 0.1) is 12.0 Å². The lowest BCUT2D eigenvalue weighted by Crippen LogP contribution is -2.26. The van der Waals surface area contributed by atoms with Crippen molar-refractivity contribution in [2.24, 2.45) is 0 Å². The molecule has 0 heterocycles. The van der Waals surface area contributed by atoms with Gasteiger partial charge in [-0.25, -0.2) is 0 Å². The fourth-order valence-electron chi connectivity index (χ4n) is 1.84. The summed E-state index contributed by atoms with van der Waals surface area (Å²) in [5, 5.41) is 10.6. The highest BCUT2D eigenvalue weighted by atomic mass is 16.6. The Balaban J connectivity index is 2.19. The molecule has 0 spiro atoms. The fraction of sp³-hybridized carbons (Fsp3) is 0.133. The van der Waals surface area contributed by atoms with E-state index in [0.717, 1.165) is 0 Å². The molecule has 0 aliphatic heterocycles. The van der Waals surface area contributed by atoms with Crippen molar-refractivity contribution in [1.29, 1.82) is 0 Å². The number of ether oxygens (including phenoxy) is 1. The first-order valence-electron chi connectivity index (χ1n) is 6.19. The van der Waals surface area contributed by atoms with Gasteiger partial charge in [-0.2, -0.15) is 0 Å². The lowest BCUT2D eigenvalue weighted by Gasteiger charge is -2.17. The monoisotopic (exact) mass is 286 g/mol. The summed E-state index contributed by atoms with van der Waals surface area (Å²) in [7, 11) is 3.17. The van der Waals surface area contributed by atoms with Gasteiger partial charge in [0.25, 0.3) is 11.6 Å². The number of rotatable bonds is 4. The number of anilines is 1. The molecule has 6 heteroatoms. The van der Waals surface area contributed by atoms with Gasteiger partial charge in [-0.1, -0.05) is 0 Å². The Bertz CT molecular complexity index is 650. The van der Waals surface area contributed by atoms with Gasteiger partial charge < -0.3 is 9.64 Å². The number of amides is 1. The Morgan fingerprint density at radius 1 is 1.10 bits per heavy atom. The van der Waals surface area contributed by atoms with Crippen molar-refractivity contribution < 1.29 is 14.5 Å². The van der Waals surface area contributed by atoms with Gasteiger partial charge in [0, 0.05) is 30.4 Å². The number of carbonyl (C=O) groups excluding carboxylic acids is 1. The maximum atomic E-state index is 12.3. The van der Waals surface area contributed by atoms with Gasteiger partial charge in [-0.15, -0.1) is 0 Å². The quantitative estimate of drug-likeness (QED) is 0.640. The van der Waals surface area contributed by atoms with Crippen LogP contribution in [-0.4, -0.2) is 25.0 Å². The Labute approximate surface area is 121 Å². The number of hydrogen-bond donors (Lipinski definition) is 0. The van der Waals surface area contributed by atoms with E-state index < -0.39 is 4.92 Å². The van der Waals surface area contributed by atoms with E-state index in [2.05, 4.69) is 0 Å². The second-order valence-corrected chi connectivity index (χ2v) is 4.37. The molecule has 2 rings (SSSR count). The molecule has 21 heavy (non-hydrogen) atoms. The number of non-ortho nitro benzene ring substituents is 1. The molecular weight excluding hydrogens is 272 g/mol. The van der Waals surface area contributed by atoms with E-state index in [1.807, 2.05) is 0 Å². The molecule has 0 aliphatic rings. The number of methoxy groups -OCH3 is 1. The second kappa shape index (κ2) is 6.04. The number of nitro groups is 1. The smallest absolute Gasteiger partial charge is 0.269 e. The van der Waals surface area contributed by atoms with Crippen molar-refractivity contribution >= 4 is 17.3 Å². The van der Waals surface area contributed by atoms with E-state index in [-0.39, 0.29) is 11.6 Å². The first-order valence-corrected chi connectivity index (χ1v) is 6.19. The highest BCUT2D eigenvalue weighted by Crippen LogP contribution is 2.20. The van der Waals surface area contributed by atoms with Crippen molar-refractivity contribution in [2.75, 3.05) is 19.1 Å². The molecule has 0 saturated heterocycles. The van der Waals surface area contributed by atoms with Gasteiger partial charge >= 0.3 is 0 Å². The van der Waals surface area contributed by atoms with Crippen LogP contribution >= 0.6 is 0 Å². The fourth-order valence-corrected chi connectivity index (χ4v) is 1.84. The Hall–Kier alpha value is -2.89. The molecule has 0 unspecified atom stereocenters. The van der Waals surface area contributed by atoms with Crippen LogP contribution in [0.15, 0.2) is 48.5 Å². The largest absolute Gasteiger partial charge is 0.497 e. The molecule has 0 aliphatic carbocycles. The van der Waals surface area contributed by atoms with E-state index in [0.29, 0.717) is 17.0 Å². The van der Waals surface area contributed by atoms with Crippen LogP contribution in [-0.2, 0) is 0 Å². The molecule has 0 atom stereocenters. The van der Waals surface area contributed by atoms with Crippen LogP contribution in [0.4, 0.5) is 11.4 Å². The third kappa shape index (κ3) is 3.17. The van der Waals surface area contributed by atoms with Gasteiger partial charge in [0.2, 0.25) is 0 Å². The van der Waals surface area contributed by atoms with Crippen molar-refractivity contribution in [2.45, 2.75) is 0 Å².